The molecule has 0 aliphatic rings. The van der Waals surface area contributed by atoms with E-state index in [2.05, 4.69) is 24.1 Å². The van der Waals surface area contributed by atoms with E-state index in [1.54, 1.807) is 29.5 Å². The summed E-state index contributed by atoms with van der Waals surface area (Å²) < 4.78 is 14.0. The molecule has 1 unspecified atom stereocenters. The van der Waals surface area contributed by atoms with Crippen LogP contribution >= 0.6 is 22.9 Å². The molecule has 0 bridgehead atoms. The molecule has 0 radical (unpaired) electrons. The molecular weight excluding hydrogens is 307 g/mol. The highest BCUT2D eigenvalue weighted by atomic mass is 35.5. The minimum absolute atomic E-state index is 0.166. The highest BCUT2D eigenvalue weighted by Crippen LogP contribution is 2.28. The predicted molar refractivity (Wildman–Crippen MR) is 87.8 cm³/mol. The second-order valence-electron chi connectivity index (χ2n) is 5.12. The van der Waals surface area contributed by atoms with Crippen molar-refractivity contribution < 1.29 is 4.39 Å². The van der Waals surface area contributed by atoms with Crippen molar-refractivity contribution in [3.8, 4) is 0 Å². The van der Waals surface area contributed by atoms with Gasteiger partial charge in [-0.05, 0) is 38.4 Å². The molecule has 1 N–H and O–H groups in total. The summed E-state index contributed by atoms with van der Waals surface area (Å²) in [5, 5.41) is 4.55. The van der Waals surface area contributed by atoms with Crippen molar-refractivity contribution >= 4 is 22.9 Å². The number of benzene rings is 1. The molecule has 0 saturated heterocycles. The lowest BCUT2D eigenvalue weighted by Gasteiger charge is -2.11. The topological polar surface area (TPSA) is 24.9 Å². The number of nitrogens with zero attached hydrogens (tertiary/aromatic N) is 1. The molecule has 1 atom stereocenters. The maximum absolute atomic E-state index is 14.0. The van der Waals surface area contributed by atoms with Crippen LogP contribution in [-0.4, -0.2) is 11.5 Å². The molecule has 2 rings (SSSR count). The number of nitrogens with one attached hydrogen (secondary N) is 1. The Hall–Kier alpha value is -0.970. The van der Waals surface area contributed by atoms with E-state index in [9.17, 15) is 4.39 Å². The van der Waals surface area contributed by atoms with Gasteiger partial charge in [-0.2, -0.15) is 0 Å². The van der Waals surface area contributed by atoms with E-state index in [1.165, 1.54) is 4.88 Å². The Morgan fingerprint density at radius 3 is 2.90 bits per heavy atom. The Balaban J connectivity index is 2.17. The fraction of sp³-hybridized carbons (Fsp3) is 0.438. The van der Waals surface area contributed by atoms with E-state index in [4.69, 9.17) is 11.6 Å². The van der Waals surface area contributed by atoms with Crippen LogP contribution in [0.1, 0.15) is 47.5 Å². The summed E-state index contributed by atoms with van der Waals surface area (Å²) in [6, 6.07) is 5.37. The highest BCUT2D eigenvalue weighted by Gasteiger charge is 2.15. The van der Waals surface area contributed by atoms with Crippen LogP contribution in [-0.2, 0) is 6.42 Å². The summed E-state index contributed by atoms with van der Waals surface area (Å²) in [7, 11) is 0. The zero-order chi connectivity index (χ0) is 15.4. The third-order valence-electron chi connectivity index (χ3n) is 3.34. The first-order valence-electron chi connectivity index (χ1n) is 7.15. The number of halogens is 2. The third-order valence-corrected chi connectivity index (χ3v) is 4.98. The van der Waals surface area contributed by atoms with E-state index < -0.39 is 0 Å². The van der Waals surface area contributed by atoms with Crippen molar-refractivity contribution in [3.05, 3.63) is 50.2 Å². The van der Waals surface area contributed by atoms with Crippen LogP contribution in [0.3, 0.4) is 0 Å². The number of thiazole rings is 1. The zero-order valence-electron chi connectivity index (χ0n) is 12.5. The molecule has 0 fully saturated rings. The van der Waals surface area contributed by atoms with Crippen molar-refractivity contribution in [2.75, 3.05) is 6.54 Å². The fourth-order valence-corrected chi connectivity index (χ4v) is 3.56. The largest absolute Gasteiger partial charge is 0.309 e. The molecule has 2 aromatic rings. The molecule has 1 aromatic heterocycles. The molecule has 114 valence electrons. The molecule has 1 aromatic carbocycles. The van der Waals surface area contributed by atoms with Gasteiger partial charge in [-0.15, -0.1) is 11.3 Å². The number of hydrogen-bond acceptors (Lipinski definition) is 3. The maximum atomic E-state index is 14.0. The summed E-state index contributed by atoms with van der Waals surface area (Å²) in [4.78, 5) is 5.80. The summed E-state index contributed by atoms with van der Waals surface area (Å²) >= 11 is 7.47. The number of aromatic nitrogens is 1. The predicted octanol–water partition coefficient (Wildman–Crippen LogP) is 4.90. The Labute approximate surface area is 134 Å². The fourth-order valence-electron chi connectivity index (χ4n) is 2.24. The van der Waals surface area contributed by atoms with E-state index >= 15 is 0 Å². The van der Waals surface area contributed by atoms with Crippen LogP contribution < -0.4 is 5.32 Å². The number of aryl methyl sites for hydroxylation is 1. The first-order chi connectivity index (χ1) is 10.0. The number of hydrogen-bond donors (Lipinski definition) is 1. The van der Waals surface area contributed by atoms with Crippen LogP contribution in [0.15, 0.2) is 18.2 Å². The second-order valence-corrected chi connectivity index (χ2v) is 6.65. The van der Waals surface area contributed by atoms with Gasteiger partial charge in [-0.3, -0.25) is 0 Å². The Morgan fingerprint density at radius 1 is 1.43 bits per heavy atom. The Morgan fingerprint density at radius 2 is 2.19 bits per heavy atom. The van der Waals surface area contributed by atoms with Gasteiger partial charge in [0.25, 0.3) is 0 Å². The molecule has 1 heterocycles. The molecule has 0 aliphatic carbocycles. The van der Waals surface area contributed by atoms with Gasteiger partial charge in [-0.25, -0.2) is 9.37 Å². The SMILES string of the molecule is CCCNC(C)c1sc(Cc2cccc(Cl)c2F)nc1C. The monoisotopic (exact) mass is 326 g/mol. The summed E-state index contributed by atoms with van der Waals surface area (Å²) in [5.74, 6) is -0.342. The standard InChI is InChI=1S/C16H20ClFN2S/c1-4-8-19-10(2)16-11(3)20-14(21-16)9-12-6-5-7-13(17)15(12)18/h5-7,10,19H,4,8-9H2,1-3H3. The lowest BCUT2D eigenvalue weighted by atomic mass is 10.1. The molecule has 0 spiro atoms. The van der Waals surface area contributed by atoms with Crippen LogP contribution in [0, 0.1) is 12.7 Å². The van der Waals surface area contributed by atoms with Gasteiger partial charge in [0.2, 0.25) is 0 Å². The lowest BCUT2D eigenvalue weighted by Crippen LogP contribution is -2.18. The van der Waals surface area contributed by atoms with Gasteiger partial charge in [0.05, 0.1) is 15.7 Å². The number of rotatable bonds is 6. The second kappa shape index (κ2) is 7.34. The van der Waals surface area contributed by atoms with Crippen molar-refractivity contribution in [1.82, 2.24) is 10.3 Å². The molecule has 0 amide bonds. The quantitative estimate of drug-likeness (QED) is 0.817. The highest BCUT2D eigenvalue weighted by molar-refractivity contribution is 7.11. The third kappa shape index (κ3) is 4.02. The molecule has 5 heteroatoms. The molecule has 2 nitrogen and oxygen atoms in total. The maximum Gasteiger partial charge on any atom is 0.145 e. The first kappa shape index (κ1) is 16.4. The van der Waals surface area contributed by atoms with Gasteiger partial charge >= 0.3 is 0 Å². The summed E-state index contributed by atoms with van der Waals surface area (Å²) in [5.41, 5.74) is 1.62. The summed E-state index contributed by atoms with van der Waals surface area (Å²) in [6.07, 6.45) is 1.58. The summed E-state index contributed by atoms with van der Waals surface area (Å²) in [6.45, 7) is 7.27. The van der Waals surface area contributed by atoms with Crippen molar-refractivity contribution in [2.45, 2.75) is 39.7 Å². The van der Waals surface area contributed by atoms with Crippen LogP contribution in [0.25, 0.3) is 0 Å². The zero-order valence-corrected chi connectivity index (χ0v) is 14.1. The normalized spacial score (nSPS) is 12.6. The van der Waals surface area contributed by atoms with Crippen molar-refractivity contribution in [3.63, 3.8) is 0 Å². The molecular formula is C16H20ClFN2S. The van der Waals surface area contributed by atoms with Crippen molar-refractivity contribution in [1.29, 1.82) is 0 Å². The van der Waals surface area contributed by atoms with Crippen LogP contribution in [0.2, 0.25) is 5.02 Å². The van der Waals surface area contributed by atoms with Gasteiger partial charge < -0.3 is 5.32 Å². The van der Waals surface area contributed by atoms with E-state index in [1.807, 2.05) is 6.92 Å². The Bertz CT molecular complexity index is 612. The van der Waals surface area contributed by atoms with E-state index in [0.29, 0.717) is 12.0 Å². The van der Waals surface area contributed by atoms with Gasteiger partial charge in [-0.1, -0.05) is 30.7 Å². The Kier molecular flexibility index (Phi) is 5.73. The van der Waals surface area contributed by atoms with E-state index in [0.717, 1.165) is 23.7 Å². The minimum Gasteiger partial charge on any atom is -0.309 e. The van der Waals surface area contributed by atoms with E-state index in [-0.39, 0.29) is 16.9 Å². The van der Waals surface area contributed by atoms with Crippen LogP contribution in [0.4, 0.5) is 4.39 Å². The molecule has 0 saturated carbocycles. The van der Waals surface area contributed by atoms with Crippen LogP contribution in [0.5, 0.6) is 0 Å². The van der Waals surface area contributed by atoms with Gasteiger partial charge in [0, 0.05) is 17.3 Å². The molecule has 21 heavy (non-hydrogen) atoms. The molecule has 0 aliphatic heterocycles. The first-order valence-corrected chi connectivity index (χ1v) is 8.34. The smallest absolute Gasteiger partial charge is 0.145 e. The van der Waals surface area contributed by atoms with Crippen molar-refractivity contribution in [2.24, 2.45) is 0 Å². The minimum atomic E-state index is -0.342. The van der Waals surface area contributed by atoms with Gasteiger partial charge in [0.1, 0.15) is 5.82 Å². The average Bonchev–Trinajstić information content (AvgIpc) is 2.82. The van der Waals surface area contributed by atoms with Gasteiger partial charge in [0.15, 0.2) is 0 Å². The average molecular weight is 327 g/mol. The lowest BCUT2D eigenvalue weighted by molar-refractivity contribution is 0.575.